The maximum atomic E-state index is 14.3. The van der Waals surface area contributed by atoms with Crippen LogP contribution in [-0.2, 0) is 21.4 Å². The van der Waals surface area contributed by atoms with Crippen LogP contribution in [-0.4, -0.2) is 67.1 Å². The van der Waals surface area contributed by atoms with Gasteiger partial charge in [0.2, 0.25) is 5.82 Å². The third kappa shape index (κ3) is 7.52. The van der Waals surface area contributed by atoms with Gasteiger partial charge in [0.05, 0.1) is 5.69 Å². The lowest BCUT2D eigenvalue weighted by Gasteiger charge is -2.30. The number of halogens is 1. The number of amides is 3. The van der Waals surface area contributed by atoms with Crippen molar-refractivity contribution in [3.63, 3.8) is 0 Å². The molecule has 5 aromatic rings. The highest BCUT2D eigenvalue weighted by Crippen LogP contribution is 2.25. The molecule has 0 unspecified atom stereocenters. The molecular weight excluding hydrogens is 675 g/mol. The topological polar surface area (TPSA) is 188 Å². The van der Waals surface area contributed by atoms with Crippen molar-refractivity contribution in [2.75, 3.05) is 6.54 Å². The summed E-state index contributed by atoms with van der Waals surface area (Å²) in [7, 11) is -5.25. The van der Waals surface area contributed by atoms with Crippen LogP contribution in [0.3, 0.4) is 0 Å². The highest BCUT2D eigenvalue weighted by atomic mass is 32.2. The van der Waals surface area contributed by atoms with Crippen LogP contribution in [0.5, 0.6) is 0 Å². The van der Waals surface area contributed by atoms with Crippen LogP contribution < -0.4 is 5.76 Å². The average Bonchev–Trinajstić information content (AvgIpc) is 3.69. The van der Waals surface area contributed by atoms with Crippen molar-refractivity contribution in [2.45, 2.75) is 46.1 Å². The number of aromatic nitrogens is 4. The summed E-state index contributed by atoms with van der Waals surface area (Å²) < 4.78 is 59.0. The van der Waals surface area contributed by atoms with E-state index in [4.69, 9.17) is 13.9 Å². The Morgan fingerprint density at radius 2 is 1.52 bits per heavy atom. The molecule has 3 aromatic carbocycles. The molecular formula is C33H31FN6O9S. The summed E-state index contributed by atoms with van der Waals surface area (Å²) in [6, 6.07) is 18.5. The number of carbonyl (C=O) groups is 3. The van der Waals surface area contributed by atoms with Gasteiger partial charge in [0.25, 0.3) is 11.8 Å². The summed E-state index contributed by atoms with van der Waals surface area (Å²) in [5.41, 5.74) is -0.887. The first-order valence-corrected chi connectivity index (χ1v) is 16.5. The molecule has 2 heterocycles. The summed E-state index contributed by atoms with van der Waals surface area (Å²) in [4.78, 5) is 53.5. The van der Waals surface area contributed by atoms with Gasteiger partial charge in [-0.1, -0.05) is 46.7 Å². The van der Waals surface area contributed by atoms with Gasteiger partial charge in [0.1, 0.15) is 17.1 Å². The first kappa shape index (κ1) is 35.3. The molecule has 0 fully saturated rings. The number of nitrogens with zero attached hydrogens (tertiary/aromatic N) is 6. The minimum atomic E-state index is -5.25. The predicted octanol–water partition coefficient (Wildman–Crippen LogP) is 4.72. The van der Waals surface area contributed by atoms with E-state index in [1.165, 1.54) is 88.4 Å². The van der Waals surface area contributed by atoms with Crippen LogP contribution in [0.15, 0.2) is 92.8 Å². The summed E-state index contributed by atoms with van der Waals surface area (Å²) in [6.45, 7) is 5.42. The molecule has 15 nitrogen and oxygen atoms in total. The number of aryl methyl sites for hydroxylation is 2. The number of rotatable bonds is 10. The minimum Gasteiger partial charge on any atom is -0.443 e. The van der Waals surface area contributed by atoms with E-state index in [1.54, 1.807) is 12.1 Å². The second-order valence-corrected chi connectivity index (χ2v) is 13.6. The molecule has 3 amide bonds. The Kier molecular flexibility index (Phi) is 10.1. The van der Waals surface area contributed by atoms with E-state index in [0.717, 1.165) is 10.6 Å². The molecule has 0 aliphatic heterocycles. The molecule has 2 aromatic heterocycles. The van der Waals surface area contributed by atoms with Crippen molar-refractivity contribution < 1.29 is 41.1 Å². The van der Waals surface area contributed by atoms with Crippen molar-refractivity contribution in [1.82, 2.24) is 28.6 Å². The molecule has 0 aliphatic carbocycles. The molecule has 0 N–H and O–H groups in total. The maximum Gasteiger partial charge on any atom is 0.446 e. The quantitative estimate of drug-likeness (QED) is 0.195. The zero-order chi connectivity index (χ0) is 36.2. The summed E-state index contributed by atoms with van der Waals surface area (Å²) >= 11 is 0. The van der Waals surface area contributed by atoms with E-state index < -0.39 is 51.8 Å². The molecule has 0 atom stereocenters. The molecule has 5 rings (SSSR count). The SMILES string of the molecule is Cc1cc(-n2c(-c3nonc3CCCN(C(=O)c3ccccc3)S(=O)(=O)N(C(=O)OC(C)(C)C)C(=O)c3ccccc3)noc2=O)ccc1F. The minimum absolute atomic E-state index is 0.0441. The van der Waals surface area contributed by atoms with Gasteiger partial charge in [0.15, 0.2) is 5.69 Å². The molecule has 17 heteroatoms. The predicted molar refractivity (Wildman–Crippen MR) is 174 cm³/mol. The normalized spacial score (nSPS) is 11.6. The number of ether oxygens (including phenoxy) is 1. The Morgan fingerprint density at radius 1 is 0.900 bits per heavy atom. The average molecular weight is 707 g/mol. The molecule has 0 spiro atoms. The Hall–Kier alpha value is -5.97. The van der Waals surface area contributed by atoms with Crippen molar-refractivity contribution in [3.05, 3.63) is 118 Å². The molecule has 50 heavy (non-hydrogen) atoms. The zero-order valence-electron chi connectivity index (χ0n) is 27.3. The fraction of sp³-hybridized carbons (Fsp3) is 0.242. The van der Waals surface area contributed by atoms with E-state index in [9.17, 15) is 32.0 Å². The lowest BCUT2D eigenvalue weighted by molar-refractivity contribution is 0.0363. The lowest BCUT2D eigenvalue weighted by atomic mass is 10.1. The van der Waals surface area contributed by atoms with Gasteiger partial charge in [-0.2, -0.15) is 8.42 Å². The van der Waals surface area contributed by atoms with Gasteiger partial charge in [-0.05, 0) is 93.7 Å². The highest BCUT2D eigenvalue weighted by Gasteiger charge is 2.44. The van der Waals surface area contributed by atoms with E-state index in [2.05, 4.69) is 15.5 Å². The smallest absolute Gasteiger partial charge is 0.443 e. The van der Waals surface area contributed by atoms with Crippen LogP contribution in [0.2, 0.25) is 0 Å². The number of hydrogen-bond donors (Lipinski definition) is 0. The van der Waals surface area contributed by atoms with Gasteiger partial charge in [-0.25, -0.2) is 27.5 Å². The van der Waals surface area contributed by atoms with Crippen molar-refractivity contribution in [2.24, 2.45) is 0 Å². The fourth-order valence-corrected chi connectivity index (χ4v) is 6.17. The summed E-state index contributed by atoms with van der Waals surface area (Å²) in [5.74, 6) is -3.81. The van der Waals surface area contributed by atoms with Crippen LogP contribution in [0.4, 0.5) is 9.18 Å². The summed E-state index contributed by atoms with van der Waals surface area (Å²) in [5, 5.41) is 11.5. The van der Waals surface area contributed by atoms with Crippen LogP contribution in [0.1, 0.15) is 59.2 Å². The second-order valence-electron chi connectivity index (χ2n) is 11.9. The monoisotopic (exact) mass is 706 g/mol. The van der Waals surface area contributed by atoms with Gasteiger partial charge in [0, 0.05) is 17.7 Å². The van der Waals surface area contributed by atoms with Crippen molar-refractivity contribution in [1.29, 1.82) is 0 Å². The molecule has 0 bridgehead atoms. The Bertz CT molecular complexity index is 2190. The largest absolute Gasteiger partial charge is 0.446 e. The van der Waals surface area contributed by atoms with Gasteiger partial charge in [-0.15, -0.1) is 4.31 Å². The van der Waals surface area contributed by atoms with Crippen molar-refractivity contribution >= 4 is 28.1 Å². The lowest BCUT2D eigenvalue weighted by Crippen LogP contribution is -2.53. The van der Waals surface area contributed by atoms with Gasteiger partial charge < -0.3 is 4.74 Å². The standard InChI is InChI=1S/C33H31FN6O9S/c1-21-20-24(17-18-25(21)34)39-28(37-48-31(39)43)27-26(35-49-36-27)16-11-19-38(29(41)22-12-7-5-8-13-22)50(45,46)40(32(44)47-33(2,3)4)30(42)23-14-9-6-10-15-23/h5-10,12-15,17-18,20H,11,16,19H2,1-4H3. The molecule has 0 radical (unpaired) electrons. The number of imide groups is 1. The Morgan fingerprint density at radius 3 is 2.12 bits per heavy atom. The number of carbonyl (C=O) groups excluding carboxylic acids is 3. The fourth-order valence-electron chi connectivity index (χ4n) is 4.75. The Balaban J connectivity index is 1.49. The van der Waals surface area contributed by atoms with E-state index in [1.807, 2.05) is 0 Å². The third-order valence-corrected chi connectivity index (χ3v) is 8.75. The third-order valence-electron chi connectivity index (χ3n) is 7.07. The first-order valence-electron chi connectivity index (χ1n) is 15.1. The van der Waals surface area contributed by atoms with Gasteiger partial charge >= 0.3 is 22.1 Å². The molecule has 260 valence electrons. The van der Waals surface area contributed by atoms with E-state index in [-0.39, 0.29) is 56.7 Å². The van der Waals surface area contributed by atoms with Crippen LogP contribution in [0.25, 0.3) is 17.2 Å². The number of hydrogen-bond acceptors (Lipinski definition) is 12. The second kappa shape index (κ2) is 14.3. The van der Waals surface area contributed by atoms with Crippen molar-refractivity contribution in [3.8, 4) is 17.2 Å². The number of benzene rings is 3. The van der Waals surface area contributed by atoms with Crippen LogP contribution >= 0.6 is 0 Å². The maximum absolute atomic E-state index is 14.3. The molecule has 0 saturated heterocycles. The van der Waals surface area contributed by atoms with Gasteiger partial charge in [-0.3, -0.25) is 14.1 Å². The summed E-state index contributed by atoms with van der Waals surface area (Å²) in [6.07, 6.45) is -1.76. The Labute approximate surface area is 285 Å². The van der Waals surface area contributed by atoms with E-state index in [0.29, 0.717) is 4.31 Å². The first-order chi connectivity index (χ1) is 23.7. The molecule has 0 aliphatic rings. The van der Waals surface area contributed by atoms with Crippen LogP contribution in [0, 0.1) is 12.7 Å². The highest BCUT2D eigenvalue weighted by molar-refractivity contribution is 7.88. The zero-order valence-corrected chi connectivity index (χ0v) is 28.1. The van der Waals surface area contributed by atoms with E-state index >= 15 is 0 Å². The molecule has 0 saturated carbocycles.